The highest BCUT2D eigenvalue weighted by molar-refractivity contribution is 7.90. The summed E-state index contributed by atoms with van der Waals surface area (Å²) in [5.74, 6) is 0. The van der Waals surface area contributed by atoms with Crippen molar-refractivity contribution in [1.82, 2.24) is 4.72 Å². The van der Waals surface area contributed by atoms with E-state index in [1.165, 1.54) is 12.8 Å². The Morgan fingerprint density at radius 1 is 1.41 bits per heavy atom. The van der Waals surface area contributed by atoms with Gasteiger partial charge >= 0.3 is 0 Å². The van der Waals surface area contributed by atoms with Gasteiger partial charge in [-0.25, -0.2) is 13.1 Å². The number of hydrogen-bond acceptors (Lipinski definition) is 4. The van der Waals surface area contributed by atoms with E-state index in [9.17, 15) is 8.42 Å². The van der Waals surface area contributed by atoms with Crippen LogP contribution in [0.3, 0.4) is 0 Å². The highest BCUT2D eigenvalue weighted by Gasteiger charge is 2.21. The molecular formula is C11H24N2O3S. The smallest absolute Gasteiger partial charge is 0.215 e. The van der Waals surface area contributed by atoms with Crippen molar-refractivity contribution >= 4 is 10.0 Å². The largest absolute Gasteiger partial charge is 0.377 e. The van der Waals surface area contributed by atoms with E-state index in [1.807, 2.05) is 6.92 Å². The molecule has 1 rings (SSSR count). The zero-order valence-corrected chi connectivity index (χ0v) is 11.3. The van der Waals surface area contributed by atoms with Crippen molar-refractivity contribution in [2.24, 2.45) is 5.73 Å². The van der Waals surface area contributed by atoms with Crippen molar-refractivity contribution in [3.63, 3.8) is 0 Å². The van der Waals surface area contributed by atoms with Crippen molar-refractivity contribution in [2.45, 2.75) is 50.4 Å². The molecular weight excluding hydrogens is 240 g/mol. The molecule has 0 aliphatic heterocycles. The summed E-state index contributed by atoms with van der Waals surface area (Å²) in [4.78, 5) is 0. The van der Waals surface area contributed by atoms with Gasteiger partial charge in [0, 0.05) is 13.1 Å². The SMILES string of the molecule is CCC(CN)S(=O)(=O)NCCOC1CCCC1. The van der Waals surface area contributed by atoms with Crippen LogP contribution in [-0.2, 0) is 14.8 Å². The van der Waals surface area contributed by atoms with E-state index in [0.717, 1.165) is 12.8 Å². The Labute approximate surface area is 104 Å². The van der Waals surface area contributed by atoms with E-state index in [4.69, 9.17) is 10.5 Å². The van der Waals surface area contributed by atoms with Crippen molar-refractivity contribution in [1.29, 1.82) is 0 Å². The third-order valence-electron chi connectivity index (χ3n) is 3.22. The minimum atomic E-state index is -3.27. The molecule has 0 amide bonds. The van der Waals surface area contributed by atoms with Crippen LogP contribution >= 0.6 is 0 Å². The lowest BCUT2D eigenvalue weighted by Crippen LogP contribution is -2.40. The molecule has 6 heteroatoms. The Morgan fingerprint density at radius 2 is 2.06 bits per heavy atom. The summed E-state index contributed by atoms with van der Waals surface area (Å²) in [6.45, 7) is 2.78. The Hall–Kier alpha value is -0.170. The molecule has 3 N–H and O–H groups in total. The van der Waals surface area contributed by atoms with Crippen LogP contribution in [0.1, 0.15) is 39.0 Å². The second-order valence-electron chi connectivity index (χ2n) is 4.48. The van der Waals surface area contributed by atoms with Gasteiger partial charge in [-0.05, 0) is 19.3 Å². The number of nitrogens with one attached hydrogen (secondary N) is 1. The third kappa shape index (κ3) is 4.91. The molecule has 1 unspecified atom stereocenters. The first kappa shape index (κ1) is 14.9. The van der Waals surface area contributed by atoms with E-state index >= 15 is 0 Å². The van der Waals surface area contributed by atoms with Crippen LogP contribution in [0.25, 0.3) is 0 Å². The van der Waals surface area contributed by atoms with Crippen molar-refractivity contribution < 1.29 is 13.2 Å². The summed E-state index contributed by atoms with van der Waals surface area (Å²) in [7, 11) is -3.27. The van der Waals surface area contributed by atoms with E-state index < -0.39 is 15.3 Å². The van der Waals surface area contributed by atoms with Crippen LogP contribution in [0.15, 0.2) is 0 Å². The molecule has 0 heterocycles. The van der Waals surface area contributed by atoms with Crippen molar-refractivity contribution in [3.8, 4) is 0 Å². The summed E-state index contributed by atoms with van der Waals surface area (Å²) >= 11 is 0. The summed E-state index contributed by atoms with van der Waals surface area (Å²) in [5, 5.41) is -0.492. The van der Waals surface area contributed by atoms with E-state index in [2.05, 4.69) is 4.72 Å². The zero-order chi connectivity index (χ0) is 12.7. The second kappa shape index (κ2) is 7.31. The fourth-order valence-corrected chi connectivity index (χ4v) is 3.39. The molecule has 1 saturated carbocycles. The minimum Gasteiger partial charge on any atom is -0.377 e. The average molecular weight is 264 g/mol. The van der Waals surface area contributed by atoms with E-state index in [-0.39, 0.29) is 6.54 Å². The summed E-state index contributed by atoms with van der Waals surface area (Å²) in [6, 6.07) is 0. The van der Waals surface area contributed by atoms with Crippen molar-refractivity contribution in [2.75, 3.05) is 19.7 Å². The number of sulfonamides is 1. The molecule has 1 atom stereocenters. The standard InChI is InChI=1S/C11H24N2O3S/c1-2-11(9-12)17(14,15)13-7-8-16-10-5-3-4-6-10/h10-11,13H,2-9,12H2,1H3. The third-order valence-corrected chi connectivity index (χ3v) is 5.23. The second-order valence-corrected chi connectivity index (χ2v) is 6.53. The highest BCUT2D eigenvalue weighted by atomic mass is 32.2. The van der Waals surface area contributed by atoms with Gasteiger partial charge in [0.25, 0.3) is 0 Å². The molecule has 17 heavy (non-hydrogen) atoms. The first-order valence-electron chi connectivity index (χ1n) is 6.40. The predicted octanol–water partition coefficient (Wildman–Crippen LogP) is 0.602. The van der Waals surface area contributed by atoms with Gasteiger partial charge in [0.05, 0.1) is 18.0 Å². The van der Waals surface area contributed by atoms with Crippen LogP contribution in [0.5, 0.6) is 0 Å². The zero-order valence-electron chi connectivity index (χ0n) is 10.5. The minimum absolute atomic E-state index is 0.162. The van der Waals surface area contributed by atoms with Crippen LogP contribution in [0.2, 0.25) is 0 Å². The van der Waals surface area contributed by atoms with Gasteiger partial charge in [0.2, 0.25) is 10.0 Å². The molecule has 0 aromatic carbocycles. The molecule has 1 aliphatic rings. The highest BCUT2D eigenvalue weighted by Crippen LogP contribution is 2.20. The Morgan fingerprint density at radius 3 is 2.59 bits per heavy atom. The average Bonchev–Trinajstić information content (AvgIpc) is 2.78. The maximum atomic E-state index is 11.7. The van der Waals surface area contributed by atoms with Crippen LogP contribution in [0, 0.1) is 0 Å². The van der Waals surface area contributed by atoms with Gasteiger partial charge in [0.1, 0.15) is 0 Å². The molecule has 5 nitrogen and oxygen atoms in total. The molecule has 0 spiro atoms. The van der Waals surface area contributed by atoms with Crippen LogP contribution < -0.4 is 10.5 Å². The Bertz CT molecular complexity index is 296. The fraction of sp³-hybridized carbons (Fsp3) is 1.00. The topological polar surface area (TPSA) is 81.4 Å². The molecule has 1 aliphatic carbocycles. The normalized spacial score (nSPS) is 19.6. The van der Waals surface area contributed by atoms with E-state index in [1.54, 1.807) is 0 Å². The van der Waals surface area contributed by atoms with Gasteiger partial charge in [-0.2, -0.15) is 0 Å². The van der Waals surface area contributed by atoms with Gasteiger partial charge in [-0.15, -0.1) is 0 Å². The molecule has 1 fully saturated rings. The lowest BCUT2D eigenvalue weighted by atomic mass is 10.3. The maximum Gasteiger partial charge on any atom is 0.215 e. The molecule has 0 aromatic heterocycles. The van der Waals surface area contributed by atoms with Crippen molar-refractivity contribution in [3.05, 3.63) is 0 Å². The number of rotatable bonds is 8. The first-order valence-corrected chi connectivity index (χ1v) is 7.95. The maximum absolute atomic E-state index is 11.7. The van der Waals surface area contributed by atoms with Gasteiger partial charge < -0.3 is 10.5 Å². The number of hydrogen-bond donors (Lipinski definition) is 2. The van der Waals surface area contributed by atoms with E-state index in [0.29, 0.717) is 25.7 Å². The quantitative estimate of drug-likeness (QED) is 0.629. The molecule has 0 saturated heterocycles. The lowest BCUT2D eigenvalue weighted by molar-refractivity contribution is 0.0626. The van der Waals surface area contributed by atoms with Gasteiger partial charge in [0.15, 0.2) is 0 Å². The predicted molar refractivity (Wildman–Crippen MR) is 68.3 cm³/mol. The molecule has 102 valence electrons. The summed E-state index contributed by atoms with van der Waals surface area (Å²) in [5.41, 5.74) is 5.42. The Balaban J connectivity index is 2.20. The van der Waals surface area contributed by atoms with Crippen LogP contribution in [0.4, 0.5) is 0 Å². The summed E-state index contributed by atoms with van der Waals surface area (Å²) < 4.78 is 31.6. The Kier molecular flexibility index (Phi) is 6.40. The lowest BCUT2D eigenvalue weighted by Gasteiger charge is -2.15. The fourth-order valence-electron chi connectivity index (χ4n) is 2.10. The van der Waals surface area contributed by atoms with Gasteiger partial charge in [-0.3, -0.25) is 0 Å². The number of ether oxygens (including phenoxy) is 1. The molecule has 0 bridgehead atoms. The monoisotopic (exact) mass is 264 g/mol. The first-order chi connectivity index (χ1) is 8.10. The number of nitrogens with two attached hydrogens (primary N) is 1. The van der Waals surface area contributed by atoms with Crippen LogP contribution in [-0.4, -0.2) is 39.5 Å². The molecule has 0 radical (unpaired) electrons. The molecule has 0 aromatic rings. The van der Waals surface area contributed by atoms with Gasteiger partial charge in [-0.1, -0.05) is 19.8 Å². The summed E-state index contributed by atoms with van der Waals surface area (Å²) in [6.07, 6.45) is 5.52.